The molecule has 4 amide bonds. The van der Waals surface area contributed by atoms with Crippen LogP contribution in [0.3, 0.4) is 0 Å². The predicted molar refractivity (Wildman–Crippen MR) is 149 cm³/mol. The quantitative estimate of drug-likeness (QED) is 0.171. The summed E-state index contributed by atoms with van der Waals surface area (Å²) in [5.41, 5.74) is 0.758. The average molecular weight is 546 g/mol. The molecule has 11 heteroatoms. The second kappa shape index (κ2) is 20.4. The SMILES string of the molecule is CC(=O)CCCNC(=O)CN(CC(=O)NCCCCCC(=O)Nc1ccccc1)CC(=O)NCCCC(C)=O. The van der Waals surface area contributed by atoms with E-state index in [1.807, 2.05) is 30.3 Å². The molecular formula is C28H43N5O6. The fourth-order valence-corrected chi connectivity index (χ4v) is 3.64. The van der Waals surface area contributed by atoms with Crippen LogP contribution in [0.25, 0.3) is 0 Å². The Morgan fingerprint density at radius 1 is 0.564 bits per heavy atom. The Labute approximate surface area is 230 Å². The molecular weight excluding hydrogens is 502 g/mol. The summed E-state index contributed by atoms with van der Waals surface area (Å²) in [6.07, 6.45) is 4.31. The molecule has 0 bridgehead atoms. The number of hydrogen-bond donors (Lipinski definition) is 4. The highest BCUT2D eigenvalue weighted by molar-refractivity contribution is 5.90. The maximum atomic E-state index is 12.5. The standard InChI is InChI=1S/C28H43N5O6/c1-22(34)11-9-17-30-27(38)20-33(21-28(39)31-18-10-12-23(2)35)19-26(37)29-16-8-4-7-15-25(36)32-24-13-5-3-6-14-24/h3,5-6,13-14H,4,7-12,15-21H2,1-2H3,(H,29,37)(H,30,38)(H,31,39)(H,32,36). The van der Waals surface area contributed by atoms with Gasteiger partial charge < -0.3 is 30.9 Å². The Hall–Kier alpha value is -3.60. The van der Waals surface area contributed by atoms with Crippen molar-refractivity contribution in [1.29, 1.82) is 0 Å². The number of para-hydroxylation sites is 1. The van der Waals surface area contributed by atoms with Crippen LogP contribution in [0.15, 0.2) is 30.3 Å². The first-order valence-electron chi connectivity index (χ1n) is 13.5. The van der Waals surface area contributed by atoms with E-state index in [-0.39, 0.29) is 54.8 Å². The number of unbranched alkanes of at least 4 members (excludes halogenated alkanes) is 2. The number of Topliss-reactive ketones (excluding diaryl/α,β-unsaturated/α-hetero) is 2. The summed E-state index contributed by atoms with van der Waals surface area (Å²) < 4.78 is 0. The van der Waals surface area contributed by atoms with E-state index in [1.54, 1.807) is 0 Å². The number of carbonyl (C=O) groups is 6. The van der Waals surface area contributed by atoms with Gasteiger partial charge in [-0.3, -0.25) is 24.1 Å². The summed E-state index contributed by atoms with van der Waals surface area (Å²) >= 11 is 0. The minimum absolute atomic E-state index is 0.0411. The normalized spacial score (nSPS) is 10.5. The first kappa shape index (κ1) is 33.4. The summed E-state index contributed by atoms with van der Waals surface area (Å²) in [5.74, 6) is -0.974. The van der Waals surface area contributed by atoms with Crippen molar-refractivity contribution in [3.05, 3.63) is 30.3 Å². The van der Waals surface area contributed by atoms with Crippen molar-refractivity contribution >= 4 is 40.9 Å². The lowest BCUT2D eigenvalue weighted by Crippen LogP contribution is -2.47. The largest absolute Gasteiger partial charge is 0.355 e. The fourth-order valence-electron chi connectivity index (χ4n) is 3.64. The summed E-state index contributed by atoms with van der Waals surface area (Å²) in [4.78, 5) is 72.7. The van der Waals surface area contributed by atoms with Crippen molar-refractivity contribution in [2.75, 3.05) is 44.6 Å². The zero-order chi connectivity index (χ0) is 28.9. The van der Waals surface area contributed by atoms with Gasteiger partial charge in [-0.15, -0.1) is 0 Å². The van der Waals surface area contributed by atoms with E-state index in [0.29, 0.717) is 64.6 Å². The first-order chi connectivity index (χ1) is 18.7. The van der Waals surface area contributed by atoms with E-state index in [1.165, 1.54) is 18.7 Å². The van der Waals surface area contributed by atoms with Crippen LogP contribution in [0.5, 0.6) is 0 Å². The molecule has 0 fully saturated rings. The average Bonchev–Trinajstić information content (AvgIpc) is 2.87. The van der Waals surface area contributed by atoms with Gasteiger partial charge in [0.1, 0.15) is 11.6 Å². The second-order valence-electron chi connectivity index (χ2n) is 9.53. The van der Waals surface area contributed by atoms with E-state index in [9.17, 15) is 28.8 Å². The molecule has 1 aromatic carbocycles. The van der Waals surface area contributed by atoms with Gasteiger partial charge in [0.05, 0.1) is 19.6 Å². The van der Waals surface area contributed by atoms with Gasteiger partial charge in [-0.05, 0) is 51.7 Å². The number of hydrogen-bond acceptors (Lipinski definition) is 7. The van der Waals surface area contributed by atoms with Gasteiger partial charge in [-0.1, -0.05) is 24.6 Å². The Morgan fingerprint density at radius 2 is 1.03 bits per heavy atom. The highest BCUT2D eigenvalue weighted by atomic mass is 16.2. The minimum Gasteiger partial charge on any atom is -0.355 e. The lowest BCUT2D eigenvalue weighted by molar-refractivity contribution is -0.128. The smallest absolute Gasteiger partial charge is 0.234 e. The molecule has 216 valence electrons. The number of anilines is 1. The summed E-state index contributed by atoms with van der Waals surface area (Å²) in [6, 6.07) is 9.24. The molecule has 0 aliphatic heterocycles. The Balaban J connectivity index is 2.38. The van der Waals surface area contributed by atoms with Gasteiger partial charge >= 0.3 is 0 Å². The molecule has 1 rings (SSSR count). The molecule has 0 heterocycles. The van der Waals surface area contributed by atoms with Gasteiger partial charge in [0, 0.05) is 44.6 Å². The number of amides is 4. The third-order valence-electron chi connectivity index (χ3n) is 5.62. The lowest BCUT2D eigenvalue weighted by Gasteiger charge is -2.21. The number of benzene rings is 1. The number of ketones is 2. The number of carbonyl (C=O) groups excluding carboxylic acids is 6. The van der Waals surface area contributed by atoms with Gasteiger partial charge in [0.25, 0.3) is 0 Å². The topological polar surface area (TPSA) is 154 Å². The van der Waals surface area contributed by atoms with Crippen LogP contribution in [0, 0.1) is 0 Å². The van der Waals surface area contributed by atoms with Crippen molar-refractivity contribution in [3.63, 3.8) is 0 Å². The summed E-state index contributed by atoms with van der Waals surface area (Å²) in [7, 11) is 0. The van der Waals surface area contributed by atoms with Gasteiger partial charge in [0.15, 0.2) is 0 Å². The van der Waals surface area contributed by atoms with Crippen LogP contribution in [0.1, 0.15) is 65.2 Å². The Morgan fingerprint density at radius 3 is 1.49 bits per heavy atom. The molecule has 1 aromatic rings. The van der Waals surface area contributed by atoms with Gasteiger partial charge in [-0.25, -0.2) is 0 Å². The summed E-state index contributed by atoms with van der Waals surface area (Å²) in [5, 5.41) is 11.0. The monoisotopic (exact) mass is 545 g/mol. The number of nitrogens with zero attached hydrogens (tertiary/aromatic N) is 1. The minimum atomic E-state index is -0.343. The molecule has 0 unspecified atom stereocenters. The third-order valence-corrected chi connectivity index (χ3v) is 5.62. The van der Waals surface area contributed by atoms with Gasteiger partial charge in [-0.2, -0.15) is 0 Å². The molecule has 0 spiro atoms. The molecule has 11 nitrogen and oxygen atoms in total. The third kappa shape index (κ3) is 19.2. The summed E-state index contributed by atoms with van der Waals surface area (Å²) in [6.45, 7) is 3.62. The molecule has 0 saturated carbocycles. The fraction of sp³-hybridized carbons (Fsp3) is 0.571. The lowest BCUT2D eigenvalue weighted by atomic mass is 10.2. The second-order valence-corrected chi connectivity index (χ2v) is 9.53. The van der Waals surface area contributed by atoms with E-state index >= 15 is 0 Å². The van der Waals surface area contributed by atoms with Crippen LogP contribution < -0.4 is 21.3 Å². The zero-order valence-corrected chi connectivity index (χ0v) is 23.2. The molecule has 0 aliphatic rings. The highest BCUT2D eigenvalue weighted by Gasteiger charge is 2.18. The van der Waals surface area contributed by atoms with Crippen LogP contribution in [-0.4, -0.2) is 79.4 Å². The van der Waals surface area contributed by atoms with Crippen LogP contribution in [0.4, 0.5) is 5.69 Å². The van der Waals surface area contributed by atoms with Crippen molar-refractivity contribution in [2.24, 2.45) is 0 Å². The van der Waals surface area contributed by atoms with Gasteiger partial charge in [0.2, 0.25) is 23.6 Å². The predicted octanol–water partition coefficient (Wildman–Crippen LogP) is 1.57. The molecule has 0 aliphatic carbocycles. The highest BCUT2D eigenvalue weighted by Crippen LogP contribution is 2.07. The van der Waals surface area contributed by atoms with E-state index < -0.39 is 0 Å². The van der Waals surface area contributed by atoms with Crippen molar-refractivity contribution < 1.29 is 28.8 Å². The molecule has 39 heavy (non-hydrogen) atoms. The Kier molecular flexibility index (Phi) is 17.5. The number of nitrogens with one attached hydrogen (secondary N) is 4. The molecule has 0 aromatic heterocycles. The van der Waals surface area contributed by atoms with Crippen molar-refractivity contribution in [3.8, 4) is 0 Å². The zero-order valence-electron chi connectivity index (χ0n) is 23.2. The van der Waals surface area contributed by atoms with Crippen molar-refractivity contribution in [1.82, 2.24) is 20.9 Å². The van der Waals surface area contributed by atoms with Crippen LogP contribution in [-0.2, 0) is 28.8 Å². The molecule has 0 saturated heterocycles. The molecule has 4 N–H and O–H groups in total. The Bertz CT molecular complexity index is 902. The van der Waals surface area contributed by atoms with Crippen LogP contribution in [0.2, 0.25) is 0 Å². The van der Waals surface area contributed by atoms with E-state index in [0.717, 1.165) is 12.1 Å². The maximum Gasteiger partial charge on any atom is 0.234 e. The van der Waals surface area contributed by atoms with Crippen molar-refractivity contribution in [2.45, 2.75) is 65.2 Å². The van der Waals surface area contributed by atoms with Crippen LogP contribution >= 0.6 is 0 Å². The van der Waals surface area contributed by atoms with E-state index in [2.05, 4.69) is 21.3 Å². The molecule has 0 radical (unpaired) electrons. The van der Waals surface area contributed by atoms with E-state index in [4.69, 9.17) is 0 Å². The first-order valence-corrected chi connectivity index (χ1v) is 13.5. The maximum absolute atomic E-state index is 12.5. The molecule has 0 atom stereocenters. The number of rotatable bonds is 21.